The summed E-state index contributed by atoms with van der Waals surface area (Å²) in [6.07, 6.45) is 0.680. The largest absolute Gasteiger partial charge is 0.497 e. The first-order valence-corrected chi connectivity index (χ1v) is 11.3. The average molecular weight is 453 g/mol. The first-order valence-electron chi connectivity index (χ1n) is 9.84. The van der Waals surface area contributed by atoms with Gasteiger partial charge in [-0.15, -0.1) is 0 Å². The molecule has 1 aromatic heterocycles. The van der Waals surface area contributed by atoms with Crippen LogP contribution in [0.2, 0.25) is 0 Å². The fourth-order valence-corrected chi connectivity index (χ4v) is 4.93. The summed E-state index contributed by atoms with van der Waals surface area (Å²) in [5.74, 6) is 0.677. The Morgan fingerprint density at radius 1 is 1.16 bits per heavy atom. The number of β-amino-alcohol motifs (C(OH)–C–C–N with tert-alkyl or cyclic N) is 1. The number of aromatic nitrogens is 1. The number of primary amides is 1. The Morgan fingerprint density at radius 2 is 1.77 bits per heavy atom. The molecule has 3 rings (SSSR count). The molecule has 1 amide bonds. The van der Waals surface area contributed by atoms with Crippen LogP contribution in [0.4, 0.5) is 0 Å². The Labute approximate surface area is 181 Å². The lowest BCUT2D eigenvalue weighted by atomic mass is 10.3. The number of methoxy groups -OCH3 is 1. The normalized spacial score (nSPS) is 16.7. The highest BCUT2D eigenvalue weighted by atomic mass is 32.2. The number of aryl methyl sites for hydroxylation is 1. The van der Waals surface area contributed by atoms with E-state index in [1.54, 1.807) is 38.4 Å². The van der Waals surface area contributed by atoms with Crippen molar-refractivity contribution in [3.8, 4) is 11.5 Å². The molecule has 11 heteroatoms. The van der Waals surface area contributed by atoms with Gasteiger partial charge in [-0.3, -0.25) is 9.69 Å². The van der Waals surface area contributed by atoms with Gasteiger partial charge in [-0.25, -0.2) is 8.42 Å². The fourth-order valence-electron chi connectivity index (χ4n) is 3.44. The quantitative estimate of drug-likeness (QED) is 0.543. The van der Waals surface area contributed by atoms with Gasteiger partial charge in [-0.2, -0.15) is 4.31 Å². The van der Waals surface area contributed by atoms with E-state index in [2.05, 4.69) is 0 Å². The first-order chi connectivity index (χ1) is 14.7. The number of piperazine rings is 1. The highest BCUT2D eigenvalue weighted by molar-refractivity contribution is 7.89. The van der Waals surface area contributed by atoms with E-state index in [0.29, 0.717) is 25.4 Å². The second kappa shape index (κ2) is 9.69. The smallest absolute Gasteiger partial charge is 0.265 e. The summed E-state index contributed by atoms with van der Waals surface area (Å²) in [6.45, 7) is 2.04. The van der Waals surface area contributed by atoms with E-state index < -0.39 is 22.0 Å². The van der Waals surface area contributed by atoms with Crippen molar-refractivity contribution in [3.63, 3.8) is 0 Å². The van der Waals surface area contributed by atoms with E-state index in [4.69, 9.17) is 15.2 Å². The second-order valence-electron chi connectivity index (χ2n) is 7.38. The van der Waals surface area contributed by atoms with Gasteiger partial charge in [0.05, 0.1) is 7.11 Å². The molecule has 0 radical (unpaired) electrons. The van der Waals surface area contributed by atoms with Crippen LogP contribution in [0.5, 0.6) is 11.5 Å². The van der Waals surface area contributed by atoms with Gasteiger partial charge in [0.2, 0.25) is 10.0 Å². The number of hydrogen-bond donors (Lipinski definition) is 2. The van der Waals surface area contributed by atoms with Gasteiger partial charge in [0.1, 0.15) is 34.8 Å². The summed E-state index contributed by atoms with van der Waals surface area (Å²) in [7, 11) is -0.559. The maximum atomic E-state index is 12.9. The number of nitrogens with zero attached hydrogens (tertiary/aromatic N) is 3. The number of benzene rings is 1. The zero-order valence-electron chi connectivity index (χ0n) is 17.6. The molecule has 0 bridgehead atoms. The first kappa shape index (κ1) is 23.1. The van der Waals surface area contributed by atoms with Crippen molar-refractivity contribution in [2.45, 2.75) is 11.0 Å². The molecule has 2 aromatic rings. The number of amides is 1. The number of hydrogen-bond acceptors (Lipinski definition) is 7. The van der Waals surface area contributed by atoms with E-state index in [1.165, 1.54) is 21.1 Å². The van der Waals surface area contributed by atoms with E-state index >= 15 is 0 Å². The van der Waals surface area contributed by atoms with Crippen molar-refractivity contribution < 1.29 is 27.8 Å². The van der Waals surface area contributed by atoms with Gasteiger partial charge < -0.3 is 24.9 Å². The topological polar surface area (TPSA) is 127 Å². The highest BCUT2D eigenvalue weighted by Crippen LogP contribution is 2.20. The third-order valence-corrected chi connectivity index (χ3v) is 7.04. The van der Waals surface area contributed by atoms with E-state index in [9.17, 15) is 18.3 Å². The van der Waals surface area contributed by atoms with Crippen molar-refractivity contribution in [3.05, 3.63) is 42.2 Å². The third kappa shape index (κ3) is 5.56. The molecule has 1 fully saturated rings. The average Bonchev–Trinajstić information content (AvgIpc) is 3.16. The minimum Gasteiger partial charge on any atom is -0.497 e. The van der Waals surface area contributed by atoms with Crippen LogP contribution in [0.1, 0.15) is 10.5 Å². The Kier molecular flexibility index (Phi) is 7.21. The van der Waals surface area contributed by atoms with Gasteiger partial charge in [0.25, 0.3) is 5.91 Å². The summed E-state index contributed by atoms with van der Waals surface area (Å²) in [6, 6.07) is 8.39. The molecule has 1 saturated heterocycles. The van der Waals surface area contributed by atoms with E-state index in [-0.39, 0.29) is 30.3 Å². The van der Waals surface area contributed by atoms with Crippen LogP contribution in [0.3, 0.4) is 0 Å². The molecular weight excluding hydrogens is 424 g/mol. The molecule has 0 aliphatic carbocycles. The monoisotopic (exact) mass is 452 g/mol. The van der Waals surface area contributed by atoms with Gasteiger partial charge >= 0.3 is 0 Å². The van der Waals surface area contributed by atoms with Crippen molar-refractivity contribution in [2.75, 3.05) is 46.4 Å². The summed E-state index contributed by atoms with van der Waals surface area (Å²) >= 11 is 0. The maximum Gasteiger partial charge on any atom is 0.265 e. The Bertz CT molecular complexity index is 997. The summed E-state index contributed by atoms with van der Waals surface area (Å²) in [5, 5.41) is 10.3. The molecule has 1 aliphatic rings. The van der Waals surface area contributed by atoms with Crippen LogP contribution < -0.4 is 15.2 Å². The van der Waals surface area contributed by atoms with Gasteiger partial charge in [0.15, 0.2) is 0 Å². The summed E-state index contributed by atoms with van der Waals surface area (Å²) in [5.41, 5.74) is 5.41. The zero-order valence-corrected chi connectivity index (χ0v) is 18.4. The molecule has 0 spiro atoms. The Morgan fingerprint density at radius 3 is 2.32 bits per heavy atom. The molecule has 170 valence electrons. The predicted octanol–water partition coefficient (Wildman–Crippen LogP) is -0.121. The number of sulfonamides is 1. The van der Waals surface area contributed by atoms with Crippen LogP contribution in [-0.2, 0) is 17.1 Å². The summed E-state index contributed by atoms with van der Waals surface area (Å²) in [4.78, 5) is 13.4. The Balaban J connectivity index is 1.49. The van der Waals surface area contributed by atoms with Crippen molar-refractivity contribution in [2.24, 2.45) is 12.8 Å². The van der Waals surface area contributed by atoms with Crippen LogP contribution in [-0.4, -0.2) is 85.7 Å². The maximum absolute atomic E-state index is 12.9. The minimum absolute atomic E-state index is 0.0465. The molecule has 0 saturated carbocycles. The molecule has 3 N–H and O–H groups in total. The highest BCUT2D eigenvalue weighted by Gasteiger charge is 2.30. The lowest BCUT2D eigenvalue weighted by Crippen LogP contribution is -2.50. The number of carbonyl (C=O) groups excluding carboxylic acids is 1. The van der Waals surface area contributed by atoms with Crippen LogP contribution in [0.25, 0.3) is 0 Å². The SMILES string of the molecule is COc1ccc(OCC(O)CN2CCN(S(=O)(=O)c3cc(C(N)=O)n(C)c3)CC2)cc1. The Hall–Kier alpha value is -2.60. The van der Waals surface area contributed by atoms with Crippen LogP contribution in [0, 0.1) is 0 Å². The third-order valence-electron chi connectivity index (χ3n) is 5.17. The number of carbonyl (C=O) groups is 1. The van der Waals surface area contributed by atoms with Crippen molar-refractivity contribution >= 4 is 15.9 Å². The number of nitrogens with two attached hydrogens (primary N) is 1. The molecule has 1 aliphatic heterocycles. The number of rotatable bonds is 9. The molecule has 2 heterocycles. The molecular formula is C20H28N4O6S. The molecule has 10 nitrogen and oxygen atoms in total. The fraction of sp³-hybridized carbons (Fsp3) is 0.450. The second-order valence-corrected chi connectivity index (χ2v) is 9.32. The van der Waals surface area contributed by atoms with Gasteiger partial charge in [-0.1, -0.05) is 0 Å². The number of aliphatic hydroxyl groups excluding tert-OH is 1. The van der Waals surface area contributed by atoms with Crippen LogP contribution in [0.15, 0.2) is 41.4 Å². The molecule has 31 heavy (non-hydrogen) atoms. The number of ether oxygens (including phenoxy) is 2. The zero-order chi connectivity index (χ0) is 22.6. The van der Waals surface area contributed by atoms with Gasteiger partial charge in [0, 0.05) is 46.0 Å². The van der Waals surface area contributed by atoms with E-state index in [1.807, 2.05) is 4.90 Å². The van der Waals surface area contributed by atoms with Gasteiger partial charge in [-0.05, 0) is 30.3 Å². The van der Waals surface area contributed by atoms with Crippen molar-refractivity contribution in [1.29, 1.82) is 0 Å². The van der Waals surface area contributed by atoms with Crippen molar-refractivity contribution in [1.82, 2.24) is 13.8 Å². The van der Waals surface area contributed by atoms with E-state index in [0.717, 1.165) is 5.75 Å². The molecule has 1 atom stereocenters. The molecule has 1 unspecified atom stereocenters. The number of aliphatic hydroxyl groups is 1. The standard InChI is InChI=1S/C20H28N4O6S/c1-22-13-18(11-19(22)20(21)26)31(27,28)24-9-7-23(8-10-24)12-15(25)14-30-17-5-3-16(29-2)4-6-17/h3-6,11,13,15,25H,7-10,12,14H2,1-2H3,(H2,21,26). The predicted molar refractivity (Wildman–Crippen MR) is 114 cm³/mol. The lowest BCUT2D eigenvalue weighted by molar-refractivity contribution is 0.0569. The molecule has 1 aromatic carbocycles. The van der Waals surface area contributed by atoms with Crippen LogP contribution >= 0.6 is 0 Å². The minimum atomic E-state index is -3.72. The lowest BCUT2D eigenvalue weighted by Gasteiger charge is -2.34. The summed E-state index contributed by atoms with van der Waals surface area (Å²) < 4.78 is 39.2.